The molecule has 2 N–H and O–H groups in total. The van der Waals surface area contributed by atoms with Gasteiger partial charge in [-0.2, -0.15) is 0 Å². The summed E-state index contributed by atoms with van der Waals surface area (Å²) in [7, 11) is -3.36. The Kier molecular flexibility index (Phi) is 6.47. The van der Waals surface area contributed by atoms with E-state index in [0.29, 0.717) is 12.8 Å². The first-order valence-corrected chi connectivity index (χ1v) is 8.28. The summed E-state index contributed by atoms with van der Waals surface area (Å²) in [5.74, 6) is -0.935. The zero-order chi connectivity index (χ0) is 14.3. The second kappa shape index (κ2) is 7.62. The third kappa shape index (κ3) is 6.70. The van der Waals surface area contributed by atoms with E-state index in [0.717, 1.165) is 10.0 Å². The summed E-state index contributed by atoms with van der Waals surface area (Å²) < 4.78 is 26.7. The lowest BCUT2D eigenvalue weighted by atomic mass is 10.2. The third-order valence-electron chi connectivity index (χ3n) is 2.49. The summed E-state index contributed by atoms with van der Waals surface area (Å²) >= 11 is 3.36. The molecule has 0 fully saturated rings. The zero-order valence-corrected chi connectivity index (χ0v) is 12.7. The molecule has 0 saturated carbocycles. The van der Waals surface area contributed by atoms with Gasteiger partial charge in [-0.05, 0) is 24.5 Å². The first kappa shape index (κ1) is 16.1. The number of aliphatic carboxylic acids is 1. The van der Waals surface area contributed by atoms with Crippen LogP contribution in [-0.4, -0.2) is 31.8 Å². The fourth-order valence-electron chi connectivity index (χ4n) is 1.48. The Morgan fingerprint density at radius 2 is 2.00 bits per heavy atom. The highest BCUT2D eigenvalue weighted by Gasteiger charge is 2.11. The fourth-order valence-corrected chi connectivity index (χ4v) is 3.06. The lowest BCUT2D eigenvalue weighted by Gasteiger charge is -2.07. The van der Waals surface area contributed by atoms with Crippen molar-refractivity contribution in [1.82, 2.24) is 4.72 Å². The first-order chi connectivity index (χ1) is 8.91. The zero-order valence-electron chi connectivity index (χ0n) is 10.3. The predicted octanol–water partition coefficient (Wildman–Crippen LogP) is 1.78. The van der Waals surface area contributed by atoms with Gasteiger partial charge in [0.25, 0.3) is 0 Å². The van der Waals surface area contributed by atoms with E-state index in [9.17, 15) is 13.2 Å². The molecule has 5 nitrogen and oxygen atoms in total. The average molecular weight is 350 g/mol. The van der Waals surface area contributed by atoms with Crippen molar-refractivity contribution in [3.05, 3.63) is 34.3 Å². The van der Waals surface area contributed by atoms with E-state index in [-0.39, 0.29) is 18.7 Å². The van der Waals surface area contributed by atoms with Crippen molar-refractivity contribution in [2.75, 3.05) is 12.3 Å². The number of aryl methyl sites for hydroxylation is 1. The molecule has 1 aromatic carbocycles. The Labute approximate surface area is 121 Å². The topological polar surface area (TPSA) is 83.5 Å². The quantitative estimate of drug-likeness (QED) is 0.700. The van der Waals surface area contributed by atoms with Crippen LogP contribution in [0.5, 0.6) is 0 Å². The van der Waals surface area contributed by atoms with Crippen molar-refractivity contribution < 1.29 is 18.3 Å². The molecule has 0 aliphatic heterocycles. The van der Waals surface area contributed by atoms with Gasteiger partial charge < -0.3 is 5.11 Å². The molecule has 19 heavy (non-hydrogen) atoms. The van der Waals surface area contributed by atoms with E-state index < -0.39 is 16.0 Å². The number of nitrogens with one attached hydrogen (secondary N) is 1. The van der Waals surface area contributed by atoms with E-state index >= 15 is 0 Å². The third-order valence-corrected chi connectivity index (χ3v) is 4.65. The molecule has 0 saturated heterocycles. The van der Waals surface area contributed by atoms with Gasteiger partial charge in [0.15, 0.2) is 0 Å². The average Bonchev–Trinajstić information content (AvgIpc) is 2.34. The molecular weight excluding hydrogens is 334 g/mol. The molecule has 0 bridgehead atoms. The van der Waals surface area contributed by atoms with Gasteiger partial charge in [-0.15, -0.1) is 0 Å². The number of carboxylic acids is 1. The Balaban J connectivity index is 2.39. The summed E-state index contributed by atoms with van der Waals surface area (Å²) in [6.45, 7) is 0.157. The number of hydrogen-bond acceptors (Lipinski definition) is 3. The van der Waals surface area contributed by atoms with Crippen LogP contribution in [0.3, 0.4) is 0 Å². The molecule has 0 aromatic heterocycles. The van der Waals surface area contributed by atoms with Crippen LogP contribution < -0.4 is 4.72 Å². The maximum atomic E-state index is 11.7. The van der Waals surface area contributed by atoms with Crippen LogP contribution in [0.1, 0.15) is 18.4 Å². The van der Waals surface area contributed by atoms with Crippen molar-refractivity contribution in [3.8, 4) is 0 Å². The second-order valence-electron chi connectivity index (χ2n) is 4.05. The van der Waals surface area contributed by atoms with E-state index in [1.807, 2.05) is 24.3 Å². The Bertz CT molecular complexity index is 530. The van der Waals surface area contributed by atoms with Gasteiger partial charge in [-0.25, -0.2) is 13.1 Å². The predicted molar refractivity (Wildman–Crippen MR) is 76.5 cm³/mol. The van der Waals surface area contributed by atoms with Crippen LogP contribution in [-0.2, 0) is 21.2 Å². The second-order valence-corrected chi connectivity index (χ2v) is 6.83. The number of carboxylic acid groups (broad SMARTS) is 1. The number of hydrogen-bond donors (Lipinski definition) is 2. The molecule has 1 aromatic rings. The van der Waals surface area contributed by atoms with Gasteiger partial charge in [0.2, 0.25) is 10.0 Å². The number of sulfonamides is 1. The van der Waals surface area contributed by atoms with E-state index in [2.05, 4.69) is 20.7 Å². The lowest BCUT2D eigenvalue weighted by molar-refractivity contribution is -0.137. The van der Waals surface area contributed by atoms with Crippen LogP contribution in [0, 0.1) is 0 Å². The fraction of sp³-hybridized carbons (Fsp3) is 0.417. The lowest BCUT2D eigenvalue weighted by Crippen LogP contribution is -2.28. The molecule has 1 rings (SSSR count). The molecule has 0 spiro atoms. The normalized spacial score (nSPS) is 11.4. The van der Waals surface area contributed by atoms with Crippen molar-refractivity contribution in [1.29, 1.82) is 0 Å². The molecule has 0 unspecified atom stereocenters. The largest absolute Gasteiger partial charge is 0.481 e. The van der Waals surface area contributed by atoms with E-state index in [1.165, 1.54) is 0 Å². The van der Waals surface area contributed by atoms with Crippen LogP contribution in [0.4, 0.5) is 0 Å². The minimum atomic E-state index is -3.36. The minimum absolute atomic E-state index is 0.0112. The Morgan fingerprint density at radius 1 is 1.32 bits per heavy atom. The van der Waals surface area contributed by atoms with Gasteiger partial charge in [-0.1, -0.05) is 34.1 Å². The smallest absolute Gasteiger partial charge is 0.303 e. The van der Waals surface area contributed by atoms with Crippen molar-refractivity contribution in [2.45, 2.75) is 19.3 Å². The highest BCUT2D eigenvalue weighted by Crippen LogP contribution is 2.16. The summed E-state index contributed by atoms with van der Waals surface area (Å²) in [6, 6.07) is 7.45. The Morgan fingerprint density at radius 3 is 2.63 bits per heavy atom. The van der Waals surface area contributed by atoms with Crippen molar-refractivity contribution >= 4 is 31.9 Å². The molecule has 0 heterocycles. The molecule has 0 aliphatic rings. The van der Waals surface area contributed by atoms with Gasteiger partial charge in [-0.3, -0.25) is 4.79 Å². The number of benzene rings is 1. The van der Waals surface area contributed by atoms with E-state index in [1.54, 1.807) is 0 Å². The number of halogens is 1. The minimum Gasteiger partial charge on any atom is -0.481 e. The monoisotopic (exact) mass is 349 g/mol. The maximum Gasteiger partial charge on any atom is 0.303 e. The van der Waals surface area contributed by atoms with Gasteiger partial charge >= 0.3 is 5.97 Å². The maximum absolute atomic E-state index is 11.7. The van der Waals surface area contributed by atoms with Crippen molar-refractivity contribution in [3.63, 3.8) is 0 Å². The molecule has 0 radical (unpaired) electrons. The SMILES string of the molecule is O=C(O)CCCNS(=O)(=O)CCc1ccccc1Br. The van der Waals surface area contributed by atoms with Gasteiger partial charge in [0.05, 0.1) is 5.75 Å². The Hall–Kier alpha value is -0.920. The summed E-state index contributed by atoms with van der Waals surface area (Å²) in [6.07, 6.45) is 0.673. The number of carbonyl (C=O) groups is 1. The number of rotatable bonds is 8. The molecule has 0 aliphatic carbocycles. The van der Waals surface area contributed by atoms with Crippen molar-refractivity contribution in [2.24, 2.45) is 0 Å². The highest BCUT2D eigenvalue weighted by molar-refractivity contribution is 9.10. The molecule has 0 amide bonds. The molecule has 7 heteroatoms. The van der Waals surface area contributed by atoms with Crippen LogP contribution in [0.2, 0.25) is 0 Å². The van der Waals surface area contributed by atoms with Gasteiger partial charge in [0.1, 0.15) is 0 Å². The van der Waals surface area contributed by atoms with Crippen LogP contribution >= 0.6 is 15.9 Å². The van der Waals surface area contributed by atoms with Crippen LogP contribution in [0.15, 0.2) is 28.7 Å². The van der Waals surface area contributed by atoms with E-state index in [4.69, 9.17) is 5.11 Å². The molecule has 106 valence electrons. The molecular formula is C12H16BrNO4S. The molecule has 0 atom stereocenters. The summed E-state index contributed by atoms with van der Waals surface area (Å²) in [5.41, 5.74) is 0.929. The first-order valence-electron chi connectivity index (χ1n) is 5.83. The standard InChI is InChI=1S/C12H16BrNO4S/c13-11-5-2-1-4-10(11)7-9-19(17,18)14-8-3-6-12(15)16/h1-2,4-5,14H,3,6-9H2,(H,15,16). The summed E-state index contributed by atoms with van der Waals surface area (Å²) in [5, 5.41) is 8.44. The highest BCUT2D eigenvalue weighted by atomic mass is 79.9. The van der Waals surface area contributed by atoms with Crippen LogP contribution in [0.25, 0.3) is 0 Å². The summed E-state index contributed by atoms with van der Waals surface area (Å²) in [4.78, 5) is 10.3. The van der Waals surface area contributed by atoms with Gasteiger partial charge in [0, 0.05) is 17.4 Å².